The van der Waals surface area contributed by atoms with Gasteiger partial charge in [-0.3, -0.25) is 4.68 Å². The van der Waals surface area contributed by atoms with Gasteiger partial charge < -0.3 is 0 Å². The summed E-state index contributed by atoms with van der Waals surface area (Å²) in [5, 5.41) is 4.61. The number of halogens is 1. The van der Waals surface area contributed by atoms with Crippen LogP contribution >= 0.6 is 22.6 Å². The maximum Gasteiger partial charge on any atom is 0.123 e. The first-order valence-electron chi connectivity index (χ1n) is 5.45. The van der Waals surface area contributed by atoms with Crippen molar-refractivity contribution >= 4 is 22.6 Å². The van der Waals surface area contributed by atoms with Gasteiger partial charge in [-0.1, -0.05) is 6.42 Å². The minimum absolute atomic E-state index is 0.720. The minimum atomic E-state index is 0.720. The lowest BCUT2D eigenvalue weighted by Crippen LogP contribution is -2.18. The van der Waals surface area contributed by atoms with E-state index in [1.165, 1.54) is 31.4 Å². The Hall–Kier alpha value is -0.0600. The van der Waals surface area contributed by atoms with E-state index in [9.17, 15) is 0 Å². The fourth-order valence-electron chi connectivity index (χ4n) is 3.30. The maximum atomic E-state index is 4.61. The standard InChI is InChI=1S/C11H15IN2/c1-7-4-11(12)13-14(7)10-6-8-2-3-9(10)5-8/h4,8-10H,2-3,5-6H2,1H3. The van der Waals surface area contributed by atoms with Crippen LogP contribution in [0.4, 0.5) is 0 Å². The molecule has 0 aliphatic heterocycles. The molecule has 14 heavy (non-hydrogen) atoms. The molecule has 0 amide bonds. The summed E-state index contributed by atoms with van der Waals surface area (Å²) < 4.78 is 3.42. The third-order valence-electron chi connectivity index (χ3n) is 3.91. The van der Waals surface area contributed by atoms with Gasteiger partial charge in [0.05, 0.1) is 6.04 Å². The van der Waals surface area contributed by atoms with E-state index in [1.807, 2.05) is 0 Å². The first-order chi connectivity index (χ1) is 6.74. The summed E-state index contributed by atoms with van der Waals surface area (Å²) in [6.07, 6.45) is 5.74. The molecule has 2 nitrogen and oxygen atoms in total. The molecule has 3 unspecified atom stereocenters. The van der Waals surface area contributed by atoms with Crippen LogP contribution in [-0.2, 0) is 0 Å². The van der Waals surface area contributed by atoms with Gasteiger partial charge in [0.25, 0.3) is 0 Å². The predicted molar refractivity (Wildman–Crippen MR) is 64.2 cm³/mol. The zero-order valence-corrected chi connectivity index (χ0v) is 10.6. The second kappa shape index (κ2) is 3.22. The molecule has 0 aromatic carbocycles. The summed E-state index contributed by atoms with van der Waals surface area (Å²) in [5.74, 6) is 1.93. The monoisotopic (exact) mass is 302 g/mol. The Balaban J connectivity index is 1.92. The van der Waals surface area contributed by atoms with Gasteiger partial charge in [-0.15, -0.1) is 0 Å². The smallest absolute Gasteiger partial charge is 0.123 e. The molecule has 2 saturated carbocycles. The highest BCUT2D eigenvalue weighted by atomic mass is 127. The lowest BCUT2D eigenvalue weighted by Gasteiger charge is -2.23. The Morgan fingerprint density at radius 2 is 2.29 bits per heavy atom. The maximum absolute atomic E-state index is 4.61. The van der Waals surface area contributed by atoms with Crippen molar-refractivity contribution in [1.29, 1.82) is 0 Å². The van der Waals surface area contributed by atoms with Gasteiger partial charge in [-0.2, -0.15) is 5.10 Å². The van der Waals surface area contributed by atoms with Gasteiger partial charge in [0.2, 0.25) is 0 Å². The number of hydrogen-bond acceptors (Lipinski definition) is 1. The van der Waals surface area contributed by atoms with Crippen molar-refractivity contribution in [3.63, 3.8) is 0 Å². The van der Waals surface area contributed by atoms with Crippen LogP contribution in [0, 0.1) is 22.5 Å². The summed E-state index contributed by atoms with van der Waals surface area (Å²) in [6.45, 7) is 2.18. The first kappa shape index (κ1) is 9.19. The highest BCUT2D eigenvalue weighted by Gasteiger charge is 2.41. The van der Waals surface area contributed by atoms with Crippen LogP contribution in [-0.4, -0.2) is 9.78 Å². The van der Waals surface area contributed by atoms with Gasteiger partial charge in [-0.05, 0) is 66.7 Å². The molecule has 2 fully saturated rings. The fourth-order valence-corrected chi connectivity index (χ4v) is 3.98. The van der Waals surface area contributed by atoms with E-state index in [1.54, 1.807) is 0 Å². The SMILES string of the molecule is Cc1cc(I)nn1C1CC2CCC1C2. The molecule has 3 heteroatoms. The van der Waals surface area contributed by atoms with Crippen LogP contribution in [0.2, 0.25) is 0 Å². The number of rotatable bonds is 1. The van der Waals surface area contributed by atoms with E-state index < -0.39 is 0 Å². The average Bonchev–Trinajstić information content (AvgIpc) is 2.79. The first-order valence-corrected chi connectivity index (χ1v) is 6.53. The highest BCUT2D eigenvalue weighted by Crippen LogP contribution is 2.50. The van der Waals surface area contributed by atoms with Crippen molar-refractivity contribution in [2.24, 2.45) is 11.8 Å². The summed E-state index contributed by atoms with van der Waals surface area (Å²) in [6, 6.07) is 2.91. The van der Waals surface area contributed by atoms with Crippen molar-refractivity contribution in [3.05, 3.63) is 15.5 Å². The van der Waals surface area contributed by atoms with Crippen LogP contribution in [0.15, 0.2) is 6.07 Å². The minimum Gasteiger partial charge on any atom is -0.265 e. The van der Waals surface area contributed by atoms with Crippen molar-refractivity contribution in [2.75, 3.05) is 0 Å². The van der Waals surface area contributed by atoms with Crippen LogP contribution in [0.1, 0.15) is 37.4 Å². The molecule has 0 saturated heterocycles. The van der Waals surface area contributed by atoms with Crippen LogP contribution in [0.25, 0.3) is 0 Å². The lowest BCUT2D eigenvalue weighted by molar-refractivity contribution is 0.301. The molecule has 1 aromatic heterocycles. The molecule has 2 bridgehead atoms. The molecule has 3 atom stereocenters. The zero-order chi connectivity index (χ0) is 9.71. The second-order valence-electron chi connectivity index (χ2n) is 4.80. The molecule has 2 aliphatic carbocycles. The molecule has 1 heterocycles. The molecule has 0 N–H and O–H groups in total. The Labute approximate surface area is 98.2 Å². The van der Waals surface area contributed by atoms with E-state index in [0.717, 1.165) is 21.6 Å². The van der Waals surface area contributed by atoms with Gasteiger partial charge in [0.15, 0.2) is 0 Å². The molecular formula is C11H15IN2. The lowest BCUT2D eigenvalue weighted by atomic mass is 9.95. The molecule has 3 rings (SSSR count). The van der Waals surface area contributed by atoms with E-state index in [-0.39, 0.29) is 0 Å². The van der Waals surface area contributed by atoms with Crippen LogP contribution < -0.4 is 0 Å². The molecular weight excluding hydrogens is 287 g/mol. The van der Waals surface area contributed by atoms with Gasteiger partial charge in [-0.25, -0.2) is 0 Å². The normalized spacial score (nSPS) is 35.4. The predicted octanol–water partition coefficient (Wildman–Crippen LogP) is 3.16. The Morgan fingerprint density at radius 3 is 2.79 bits per heavy atom. The fraction of sp³-hybridized carbons (Fsp3) is 0.727. The van der Waals surface area contributed by atoms with Gasteiger partial charge >= 0.3 is 0 Å². The van der Waals surface area contributed by atoms with Crippen molar-refractivity contribution in [2.45, 2.75) is 38.6 Å². The molecule has 1 aromatic rings. The Bertz CT molecular complexity index is 358. The summed E-state index contributed by atoms with van der Waals surface area (Å²) >= 11 is 2.31. The third kappa shape index (κ3) is 1.32. The molecule has 0 radical (unpaired) electrons. The number of nitrogens with zero attached hydrogens (tertiary/aromatic N) is 2. The van der Waals surface area contributed by atoms with Crippen molar-refractivity contribution in [3.8, 4) is 0 Å². The van der Waals surface area contributed by atoms with Crippen LogP contribution in [0.3, 0.4) is 0 Å². The number of aromatic nitrogens is 2. The summed E-state index contributed by atoms with van der Waals surface area (Å²) in [4.78, 5) is 0. The number of aryl methyl sites for hydroxylation is 1. The summed E-state index contributed by atoms with van der Waals surface area (Å²) in [7, 11) is 0. The van der Waals surface area contributed by atoms with Gasteiger partial charge in [0.1, 0.15) is 3.70 Å². The molecule has 2 aliphatic rings. The highest BCUT2D eigenvalue weighted by molar-refractivity contribution is 14.1. The van der Waals surface area contributed by atoms with E-state index >= 15 is 0 Å². The van der Waals surface area contributed by atoms with Crippen LogP contribution in [0.5, 0.6) is 0 Å². The van der Waals surface area contributed by atoms with Gasteiger partial charge in [0, 0.05) is 5.69 Å². The number of fused-ring (bicyclic) bond motifs is 2. The number of hydrogen-bond donors (Lipinski definition) is 0. The largest absolute Gasteiger partial charge is 0.265 e. The van der Waals surface area contributed by atoms with E-state index in [2.05, 4.69) is 45.4 Å². The average molecular weight is 302 g/mol. The third-order valence-corrected chi connectivity index (χ3v) is 4.43. The van der Waals surface area contributed by atoms with Crippen molar-refractivity contribution < 1.29 is 0 Å². The quantitative estimate of drug-likeness (QED) is 0.729. The Kier molecular flexibility index (Phi) is 2.11. The summed E-state index contributed by atoms with van der Waals surface area (Å²) in [5.41, 5.74) is 1.34. The second-order valence-corrected chi connectivity index (χ2v) is 5.90. The zero-order valence-electron chi connectivity index (χ0n) is 8.41. The van der Waals surface area contributed by atoms with E-state index in [0.29, 0.717) is 0 Å². The topological polar surface area (TPSA) is 17.8 Å². The molecule has 76 valence electrons. The molecule has 0 spiro atoms. The Morgan fingerprint density at radius 1 is 1.43 bits per heavy atom. The van der Waals surface area contributed by atoms with Crippen molar-refractivity contribution in [1.82, 2.24) is 9.78 Å². The van der Waals surface area contributed by atoms with E-state index in [4.69, 9.17) is 0 Å².